The first kappa shape index (κ1) is 10.8. The zero-order valence-electron chi connectivity index (χ0n) is 9.53. The maximum absolute atomic E-state index is 8.89. The van der Waals surface area contributed by atoms with Crippen LogP contribution in [0.2, 0.25) is 0 Å². The Kier molecular flexibility index (Phi) is 2.76. The maximum Gasteiger partial charge on any atom is 0.155 e. The van der Waals surface area contributed by atoms with E-state index in [9.17, 15) is 0 Å². The molecule has 0 bridgehead atoms. The molecule has 2 aromatic rings. The lowest BCUT2D eigenvalue weighted by Gasteiger charge is -2.02. The van der Waals surface area contributed by atoms with Crippen LogP contribution in [0.3, 0.4) is 0 Å². The topological polar surface area (TPSA) is 36.7 Å². The summed E-state index contributed by atoms with van der Waals surface area (Å²) >= 11 is 1.58. The van der Waals surface area contributed by atoms with Crippen molar-refractivity contribution in [3.63, 3.8) is 0 Å². The number of hydrogen-bond donors (Lipinski definition) is 0. The van der Waals surface area contributed by atoms with Crippen LogP contribution in [0.15, 0.2) is 18.2 Å². The van der Waals surface area contributed by atoms with Gasteiger partial charge in [-0.1, -0.05) is 23.8 Å². The minimum Gasteiger partial charge on any atom is -0.225 e. The van der Waals surface area contributed by atoms with Crippen molar-refractivity contribution in [3.05, 3.63) is 39.9 Å². The van der Waals surface area contributed by atoms with Crippen molar-refractivity contribution in [2.45, 2.75) is 20.8 Å². The highest BCUT2D eigenvalue weighted by Gasteiger charge is 2.10. The highest BCUT2D eigenvalue weighted by atomic mass is 32.1. The van der Waals surface area contributed by atoms with Gasteiger partial charge in [0.15, 0.2) is 5.69 Å². The molecule has 0 aliphatic heterocycles. The predicted octanol–water partition coefficient (Wildman–Crippen LogP) is 3.61. The second kappa shape index (κ2) is 4.07. The van der Waals surface area contributed by atoms with Crippen molar-refractivity contribution in [2.24, 2.45) is 0 Å². The van der Waals surface area contributed by atoms with Crippen LogP contribution in [-0.2, 0) is 0 Å². The number of benzene rings is 1. The summed E-state index contributed by atoms with van der Waals surface area (Å²) in [4.78, 5) is 5.33. The van der Waals surface area contributed by atoms with E-state index in [0.717, 1.165) is 15.4 Å². The van der Waals surface area contributed by atoms with Crippen molar-refractivity contribution in [2.75, 3.05) is 0 Å². The molecule has 0 amide bonds. The number of rotatable bonds is 1. The Labute approximate surface area is 99.2 Å². The summed E-state index contributed by atoms with van der Waals surface area (Å²) in [6.07, 6.45) is 0. The van der Waals surface area contributed by atoms with Gasteiger partial charge in [-0.25, -0.2) is 4.98 Å². The number of thiazole rings is 1. The molecule has 2 rings (SSSR count). The number of hydrogen-bond acceptors (Lipinski definition) is 3. The van der Waals surface area contributed by atoms with Crippen molar-refractivity contribution in [3.8, 4) is 16.6 Å². The first-order valence-electron chi connectivity index (χ1n) is 5.07. The summed E-state index contributed by atoms with van der Waals surface area (Å²) < 4.78 is 0. The van der Waals surface area contributed by atoms with Crippen molar-refractivity contribution in [1.82, 2.24) is 4.98 Å². The van der Waals surface area contributed by atoms with E-state index in [1.165, 1.54) is 11.1 Å². The summed E-state index contributed by atoms with van der Waals surface area (Å²) in [5.41, 5.74) is 4.12. The molecule has 0 N–H and O–H groups in total. The standard InChI is InChI=1S/C13H12N2S/c1-8-4-5-11(9(2)6-8)13-15-12(7-14)10(3)16-13/h4-6H,1-3H3. The van der Waals surface area contributed by atoms with E-state index in [4.69, 9.17) is 5.26 Å². The van der Waals surface area contributed by atoms with Gasteiger partial charge < -0.3 is 0 Å². The summed E-state index contributed by atoms with van der Waals surface area (Å²) in [5, 5.41) is 9.82. The largest absolute Gasteiger partial charge is 0.225 e. The number of aryl methyl sites for hydroxylation is 3. The van der Waals surface area contributed by atoms with Crippen LogP contribution >= 0.6 is 11.3 Å². The van der Waals surface area contributed by atoms with Gasteiger partial charge in [0.1, 0.15) is 11.1 Å². The van der Waals surface area contributed by atoms with Crippen LogP contribution in [0.25, 0.3) is 10.6 Å². The molecular formula is C13H12N2S. The van der Waals surface area contributed by atoms with Gasteiger partial charge in [-0.15, -0.1) is 11.3 Å². The quantitative estimate of drug-likeness (QED) is 0.747. The molecule has 3 heteroatoms. The molecule has 0 aliphatic rings. The number of aromatic nitrogens is 1. The van der Waals surface area contributed by atoms with Gasteiger partial charge in [0.2, 0.25) is 0 Å². The fourth-order valence-electron chi connectivity index (χ4n) is 1.67. The Morgan fingerprint density at radius 1 is 1.25 bits per heavy atom. The molecule has 0 atom stereocenters. The Hall–Kier alpha value is -1.66. The molecule has 1 aromatic carbocycles. The van der Waals surface area contributed by atoms with E-state index in [1.54, 1.807) is 11.3 Å². The lowest BCUT2D eigenvalue weighted by Crippen LogP contribution is -1.84. The molecule has 0 saturated heterocycles. The predicted molar refractivity (Wildman–Crippen MR) is 66.5 cm³/mol. The molecule has 1 aromatic heterocycles. The van der Waals surface area contributed by atoms with Crippen LogP contribution in [0.1, 0.15) is 21.7 Å². The molecule has 80 valence electrons. The SMILES string of the molecule is Cc1ccc(-c2nc(C#N)c(C)s2)c(C)c1. The number of nitrogens with zero attached hydrogens (tertiary/aromatic N) is 2. The average Bonchev–Trinajstić information content (AvgIpc) is 2.59. The second-order valence-electron chi connectivity index (χ2n) is 3.85. The van der Waals surface area contributed by atoms with Crippen molar-refractivity contribution in [1.29, 1.82) is 5.26 Å². The van der Waals surface area contributed by atoms with Crippen LogP contribution < -0.4 is 0 Å². The van der Waals surface area contributed by atoms with Crippen molar-refractivity contribution >= 4 is 11.3 Å². The molecule has 0 aliphatic carbocycles. The highest BCUT2D eigenvalue weighted by Crippen LogP contribution is 2.29. The Morgan fingerprint density at radius 2 is 2.00 bits per heavy atom. The summed E-state index contributed by atoms with van der Waals surface area (Å²) in [6, 6.07) is 8.40. The normalized spacial score (nSPS) is 10.1. The second-order valence-corrected chi connectivity index (χ2v) is 5.06. The lowest BCUT2D eigenvalue weighted by atomic mass is 10.1. The Bertz CT molecular complexity index is 576. The fourth-order valence-corrected chi connectivity index (χ4v) is 2.62. The summed E-state index contributed by atoms with van der Waals surface area (Å²) in [5.74, 6) is 0. The zero-order valence-corrected chi connectivity index (χ0v) is 10.4. The first-order chi connectivity index (χ1) is 7.61. The Morgan fingerprint density at radius 3 is 2.56 bits per heavy atom. The van der Waals surface area contributed by atoms with Gasteiger partial charge in [-0.3, -0.25) is 0 Å². The van der Waals surface area contributed by atoms with E-state index >= 15 is 0 Å². The van der Waals surface area contributed by atoms with Gasteiger partial charge in [0.25, 0.3) is 0 Å². The molecule has 0 spiro atoms. The minimum atomic E-state index is 0.542. The van der Waals surface area contributed by atoms with Crippen LogP contribution in [0, 0.1) is 32.1 Å². The van der Waals surface area contributed by atoms with E-state index in [0.29, 0.717) is 5.69 Å². The third-order valence-corrected chi connectivity index (χ3v) is 3.52. The minimum absolute atomic E-state index is 0.542. The first-order valence-corrected chi connectivity index (χ1v) is 5.88. The highest BCUT2D eigenvalue weighted by molar-refractivity contribution is 7.15. The van der Waals surface area contributed by atoms with Gasteiger partial charge in [-0.05, 0) is 26.3 Å². The molecule has 0 unspecified atom stereocenters. The van der Waals surface area contributed by atoms with E-state index in [-0.39, 0.29) is 0 Å². The molecule has 2 nitrogen and oxygen atoms in total. The van der Waals surface area contributed by atoms with E-state index in [1.807, 2.05) is 6.92 Å². The average molecular weight is 228 g/mol. The molecule has 0 fully saturated rings. The van der Waals surface area contributed by atoms with E-state index in [2.05, 4.69) is 43.1 Å². The van der Waals surface area contributed by atoms with Gasteiger partial charge in [0, 0.05) is 10.4 Å². The molecule has 0 radical (unpaired) electrons. The fraction of sp³-hybridized carbons (Fsp3) is 0.231. The van der Waals surface area contributed by atoms with Crippen LogP contribution in [0.4, 0.5) is 0 Å². The third-order valence-electron chi connectivity index (χ3n) is 2.51. The molecule has 16 heavy (non-hydrogen) atoms. The monoisotopic (exact) mass is 228 g/mol. The smallest absolute Gasteiger partial charge is 0.155 e. The molecule has 0 saturated carbocycles. The zero-order chi connectivity index (χ0) is 11.7. The molecule has 1 heterocycles. The lowest BCUT2D eigenvalue weighted by molar-refractivity contribution is 1.29. The maximum atomic E-state index is 8.89. The van der Waals surface area contributed by atoms with Gasteiger partial charge >= 0.3 is 0 Å². The van der Waals surface area contributed by atoms with E-state index < -0.39 is 0 Å². The van der Waals surface area contributed by atoms with Gasteiger partial charge in [-0.2, -0.15) is 5.26 Å². The third kappa shape index (κ3) is 1.84. The van der Waals surface area contributed by atoms with Crippen molar-refractivity contribution < 1.29 is 0 Å². The summed E-state index contributed by atoms with van der Waals surface area (Å²) in [6.45, 7) is 6.08. The number of nitriles is 1. The van der Waals surface area contributed by atoms with Crippen LogP contribution in [0.5, 0.6) is 0 Å². The van der Waals surface area contributed by atoms with Gasteiger partial charge in [0.05, 0.1) is 0 Å². The summed E-state index contributed by atoms with van der Waals surface area (Å²) in [7, 11) is 0. The van der Waals surface area contributed by atoms with Crippen LogP contribution in [-0.4, -0.2) is 4.98 Å². The Balaban J connectivity index is 2.55. The molecular weight excluding hydrogens is 216 g/mol.